The van der Waals surface area contributed by atoms with Crippen molar-refractivity contribution in [2.45, 2.75) is 36.8 Å². The van der Waals surface area contributed by atoms with Crippen molar-refractivity contribution >= 4 is 34.7 Å². The zero-order valence-corrected chi connectivity index (χ0v) is 16.3. The Morgan fingerprint density at radius 2 is 1.96 bits per heavy atom. The summed E-state index contributed by atoms with van der Waals surface area (Å²) in [5.41, 5.74) is 5.45. The highest BCUT2D eigenvalue weighted by Crippen LogP contribution is 2.26. The van der Waals surface area contributed by atoms with E-state index in [1.54, 1.807) is 23.1 Å². The van der Waals surface area contributed by atoms with E-state index in [0.717, 1.165) is 39.9 Å². The number of hydrogen-bond acceptors (Lipinski definition) is 4. The number of aryl methyl sites for hydroxylation is 3. The van der Waals surface area contributed by atoms with Gasteiger partial charge in [-0.05, 0) is 73.7 Å². The largest absolute Gasteiger partial charge is 0.322 e. The second-order valence-corrected chi connectivity index (χ2v) is 8.57. The lowest BCUT2D eigenvalue weighted by Crippen LogP contribution is -2.11. The second-order valence-electron chi connectivity index (χ2n) is 6.46. The highest BCUT2D eigenvalue weighted by atomic mass is 32.2. The molecule has 1 N–H and O–H groups in total. The summed E-state index contributed by atoms with van der Waals surface area (Å²) in [6, 6.07) is 14.0. The van der Waals surface area contributed by atoms with Crippen LogP contribution in [0.25, 0.3) is 0 Å². The Bertz CT molecular complexity index is 931. The molecular formula is C21H20N2OS2. The molecule has 0 atom stereocenters. The molecule has 0 spiro atoms. The number of carbonyl (C=O) groups excluding carboxylic acids is 1. The van der Waals surface area contributed by atoms with Gasteiger partial charge in [0.1, 0.15) is 0 Å². The zero-order valence-electron chi connectivity index (χ0n) is 14.6. The zero-order chi connectivity index (χ0) is 17.9. The predicted molar refractivity (Wildman–Crippen MR) is 109 cm³/mol. The summed E-state index contributed by atoms with van der Waals surface area (Å²) in [5, 5.41) is 6.21. The number of hydrogen-bond donors (Lipinski definition) is 1. The maximum absolute atomic E-state index is 12.5. The predicted octanol–water partition coefficient (Wildman–Crippen LogP) is 5.48. The van der Waals surface area contributed by atoms with Crippen molar-refractivity contribution in [1.29, 1.82) is 0 Å². The molecule has 2 aromatic carbocycles. The fraction of sp³-hybridized carbons (Fsp3) is 0.238. The number of nitrogens with one attached hydrogen (secondary N) is 1. The number of aromatic nitrogens is 1. The molecule has 4 rings (SSSR count). The van der Waals surface area contributed by atoms with E-state index in [4.69, 9.17) is 0 Å². The fourth-order valence-electron chi connectivity index (χ4n) is 3.19. The van der Waals surface area contributed by atoms with Crippen molar-refractivity contribution in [3.8, 4) is 0 Å². The lowest BCUT2D eigenvalue weighted by molar-refractivity contribution is 0.102. The number of fused-ring (bicyclic) bond motifs is 1. The van der Waals surface area contributed by atoms with Gasteiger partial charge in [-0.2, -0.15) is 0 Å². The average molecular weight is 381 g/mol. The van der Waals surface area contributed by atoms with Gasteiger partial charge in [0, 0.05) is 27.3 Å². The van der Waals surface area contributed by atoms with Crippen LogP contribution < -0.4 is 5.32 Å². The number of thiazole rings is 1. The first-order valence-corrected chi connectivity index (χ1v) is 10.6. The second kappa shape index (κ2) is 7.64. The van der Waals surface area contributed by atoms with Gasteiger partial charge in [0.05, 0.1) is 10.7 Å². The van der Waals surface area contributed by atoms with Crippen LogP contribution >= 0.6 is 23.1 Å². The van der Waals surface area contributed by atoms with Gasteiger partial charge >= 0.3 is 0 Å². The highest BCUT2D eigenvalue weighted by molar-refractivity contribution is 7.98. The summed E-state index contributed by atoms with van der Waals surface area (Å²) < 4.78 is 0. The number of carbonyl (C=O) groups is 1. The van der Waals surface area contributed by atoms with E-state index in [-0.39, 0.29) is 5.91 Å². The molecule has 26 heavy (non-hydrogen) atoms. The molecule has 0 bridgehead atoms. The fourth-order valence-corrected chi connectivity index (χ4v) is 4.70. The third-order valence-corrected chi connectivity index (χ3v) is 6.39. The van der Waals surface area contributed by atoms with Crippen molar-refractivity contribution < 1.29 is 4.79 Å². The van der Waals surface area contributed by atoms with Crippen LogP contribution in [-0.4, -0.2) is 10.9 Å². The van der Waals surface area contributed by atoms with Crippen molar-refractivity contribution in [3.63, 3.8) is 0 Å². The quantitative estimate of drug-likeness (QED) is 0.596. The smallest absolute Gasteiger partial charge is 0.255 e. The normalized spacial score (nSPS) is 12.8. The number of amides is 1. The Labute approximate surface area is 161 Å². The molecule has 5 heteroatoms. The van der Waals surface area contributed by atoms with Gasteiger partial charge in [0.25, 0.3) is 5.91 Å². The molecule has 132 valence electrons. The van der Waals surface area contributed by atoms with E-state index < -0.39 is 0 Å². The number of thioether (sulfide) groups is 1. The molecule has 0 aliphatic heterocycles. The van der Waals surface area contributed by atoms with Crippen LogP contribution in [0.3, 0.4) is 0 Å². The topological polar surface area (TPSA) is 42.0 Å². The first-order chi connectivity index (χ1) is 12.7. The Hall–Kier alpha value is -2.11. The van der Waals surface area contributed by atoms with Gasteiger partial charge in [0.2, 0.25) is 0 Å². The summed E-state index contributed by atoms with van der Waals surface area (Å²) in [4.78, 5) is 18.1. The van der Waals surface area contributed by atoms with E-state index in [1.165, 1.54) is 17.5 Å². The minimum atomic E-state index is -0.0605. The number of anilines is 1. The van der Waals surface area contributed by atoms with Gasteiger partial charge in [0.15, 0.2) is 0 Å². The Morgan fingerprint density at radius 3 is 2.73 bits per heavy atom. The molecular weight excluding hydrogens is 360 g/mol. The Balaban J connectivity index is 1.37. The summed E-state index contributed by atoms with van der Waals surface area (Å²) >= 11 is 3.41. The molecule has 1 aliphatic carbocycles. The minimum Gasteiger partial charge on any atom is -0.322 e. The molecule has 1 aromatic heterocycles. The molecule has 0 saturated carbocycles. The van der Waals surface area contributed by atoms with Crippen molar-refractivity contribution in [2.75, 3.05) is 5.32 Å². The molecule has 1 aliphatic rings. The first kappa shape index (κ1) is 17.3. The van der Waals surface area contributed by atoms with Crippen LogP contribution in [0, 0.1) is 6.92 Å². The van der Waals surface area contributed by atoms with Crippen molar-refractivity contribution in [1.82, 2.24) is 4.98 Å². The molecule has 0 radical (unpaired) electrons. The maximum Gasteiger partial charge on any atom is 0.255 e. The van der Waals surface area contributed by atoms with Crippen LogP contribution in [0.1, 0.15) is 38.6 Å². The van der Waals surface area contributed by atoms with Gasteiger partial charge in [-0.15, -0.1) is 23.1 Å². The van der Waals surface area contributed by atoms with Crippen LogP contribution in [0.5, 0.6) is 0 Å². The van der Waals surface area contributed by atoms with Crippen LogP contribution in [0.15, 0.2) is 52.7 Å². The number of benzene rings is 2. The van der Waals surface area contributed by atoms with Gasteiger partial charge in [-0.1, -0.05) is 6.07 Å². The molecule has 1 amide bonds. The summed E-state index contributed by atoms with van der Waals surface area (Å²) in [5.74, 6) is 0.792. The lowest BCUT2D eigenvalue weighted by Gasteiger charge is -2.08. The van der Waals surface area contributed by atoms with E-state index in [0.29, 0.717) is 5.56 Å². The monoisotopic (exact) mass is 380 g/mol. The molecule has 0 fully saturated rings. The Morgan fingerprint density at radius 1 is 1.15 bits per heavy atom. The molecule has 3 nitrogen and oxygen atoms in total. The van der Waals surface area contributed by atoms with E-state index in [2.05, 4.69) is 27.8 Å². The SMILES string of the molecule is Cc1nc(CSc2ccc(C(=O)Nc3ccc4c(c3)CCC4)cc2)cs1. The van der Waals surface area contributed by atoms with Crippen molar-refractivity contribution in [3.05, 3.63) is 75.2 Å². The highest BCUT2D eigenvalue weighted by Gasteiger charge is 2.12. The Kier molecular flexibility index (Phi) is 5.09. The summed E-state index contributed by atoms with van der Waals surface area (Å²) in [6.07, 6.45) is 3.49. The summed E-state index contributed by atoms with van der Waals surface area (Å²) in [7, 11) is 0. The van der Waals surface area contributed by atoms with Gasteiger partial charge in [-0.25, -0.2) is 4.98 Å². The molecule has 3 aromatic rings. The van der Waals surface area contributed by atoms with Crippen molar-refractivity contribution in [2.24, 2.45) is 0 Å². The molecule has 0 unspecified atom stereocenters. The third-order valence-electron chi connectivity index (χ3n) is 4.53. The third kappa shape index (κ3) is 4.00. The standard InChI is InChI=1S/C21H20N2OS2/c1-14-22-19(12-25-14)13-26-20-9-6-16(7-10-20)21(24)23-18-8-5-15-3-2-4-17(15)11-18/h5-12H,2-4,13H2,1H3,(H,23,24). The van der Waals surface area contributed by atoms with E-state index in [9.17, 15) is 4.79 Å². The summed E-state index contributed by atoms with van der Waals surface area (Å²) in [6.45, 7) is 2.02. The number of nitrogens with zero attached hydrogens (tertiary/aromatic N) is 1. The van der Waals surface area contributed by atoms with Crippen LogP contribution in [-0.2, 0) is 18.6 Å². The average Bonchev–Trinajstić information content (AvgIpc) is 3.28. The molecule has 0 saturated heterocycles. The van der Waals surface area contributed by atoms with Gasteiger partial charge < -0.3 is 5.32 Å². The van der Waals surface area contributed by atoms with Gasteiger partial charge in [-0.3, -0.25) is 4.79 Å². The minimum absolute atomic E-state index is 0.0605. The molecule has 1 heterocycles. The number of rotatable bonds is 5. The lowest BCUT2D eigenvalue weighted by atomic mass is 10.1. The van der Waals surface area contributed by atoms with E-state index in [1.807, 2.05) is 37.3 Å². The van der Waals surface area contributed by atoms with Crippen LogP contribution in [0.4, 0.5) is 5.69 Å². The van der Waals surface area contributed by atoms with E-state index >= 15 is 0 Å². The van der Waals surface area contributed by atoms with Crippen LogP contribution in [0.2, 0.25) is 0 Å². The maximum atomic E-state index is 12.5. The first-order valence-electron chi connectivity index (χ1n) is 8.74.